The van der Waals surface area contributed by atoms with Gasteiger partial charge in [0.25, 0.3) is 5.91 Å². The zero-order valence-corrected chi connectivity index (χ0v) is 20.7. The van der Waals surface area contributed by atoms with Crippen LogP contribution in [-0.2, 0) is 20.7 Å². The molecule has 2 aromatic carbocycles. The van der Waals surface area contributed by atoms with Gasteiger partial charge in [0, 0.05) is 11.8 Å². The van der Waals surface area contributed by atoms with E-state index in [-0.39, 0.29) is 24.0 Å². The van der Waals surface area contributed by atoms with E-state index < -0.39 is 35.9 Å². The summed E-state index contributed by atoms with van der Waals surface area (Å²) in [4.78, 5) is 56.9. The Labute approximate surface area is 215 Å². The molecule has 1 saturated heterocycles. The van der Waals surface area contributed by atoms with E-state index in [1.54, 1.807) is 18.2 Å². The Morgan fingerprint density at radius 2 is 2.00 bits per heavy atom. The van der Waals surface area contributed by atoms with Crippen molar-refractivity contribution in [2.75, 3.05) is 19.2 Å². The molecule has 12 heteroatoms. The summed E-state index contributed by atoms with van der Waals surface area (Å²) in [6.45, 7) is 1.96. The number of rotatable bonds is 7. The number of aromatic nitrogens is 1. The van der Waals surface area contributed by atoms with Crippen molar-refractivity contribution >= 4 is 40.3 Å². The molecule has 0 saturated carbocycles. The Balaban J connectivity index is 1.44. The van der Waals surface area contributed by atoms with Gasteiger partial charge in [0.05, 0.1) is 7.11 Å². The first-order valence-electron chi connectivity index (χ1n) is 11.3. The topological polar surface area (TPSA) is 136 Å². The summed E-state index contributed by atoms with van der Waals surface area (Å²) in [6, 6.07) is 9.49. The molecule has 4 amide bonds. The fourth-order valence-electron chi connectivity index (χ4n) is 4.17. The molecular formula is C25H22N4O7S. The predicted octanol–water partition coefficient (Wildman–Crippen LogP) is 2.81. The van der Waals surface area contributed by atoms with E-state index in [2.05, 4.69) is 20.4 Å². The van der Waals surface area contributed by atoms with E-state index in [9.17, 15) is 19.2 Å². The zero-order chi connectivity index (χ0) is 26.1. The van der Waals surface area contributed by atoms with Gasteiger partial charge in [-0.05, 0) is 35.7 Å². The molecule has 190 valence electrons. The van der Waals surface area contributed by atoms with Gasteiger partial charge in [-0.3, -0.25) is 9.59 Å². The summed E-state index contributed by atoms with van der Waals surface area (Å²) in [5.74, 6) is -0.828. The van der Waals surface area contributed by atoms with Crippen LogP contribution in [0.25, 0.3) is 0 Å². The molecular weight excluding hydrogens is 500 g/mol. The molecule has 2 unspecified atom stereocenters. The second kappa shape index (κ2) is 9.90. The van der Waals surface area contributed by atoms with Crippen LogP contribution in [0.3, 0.4) is 0 Å². The molecule has 2 aliphatic rings. The van der Waals surface area contributed by atoms with Gasteiger partial charge >= 0.3 is 12.0 Å². The first-order valence-corrected chi connectivity index (χ1v) is 12.2. The minimum atomic E-state index is -1.18. The number of aryl methyl sites for hydroxylation is 1. The Morgan fingerprint density at radius 3 is 2.78 bits per heavy atom. The highest BCUT2D eigenvalue weighted by molar-refractivity contribution is 7.14. The average Bonchev–Trinajstić information content (AvgIpc) is 3.62. The van der Waals surface area contributed by atoms with Gasteiger partial charge < -0.3 is 24.8 Å². The van der Waals surface area contributed by atoms with Crippen LogP contribution in [0, 0.1) is 6.92 Å². The van der Waals surface area contributed by atoms with Gasteiger partial charge in [0.15, 0.2) is 22.3 Å². The number of carbonyl (C=O) groups excluding carboxylic acids is 4. The van der Waals surface area contributed by atoms with E-state index in [4.69, 9.17) is 9.47 Å². The molecule has 2 aliphatic heterocycles. The van der Waals surface area contributed by atoms with Crippen LogP contribution < -0.4 is 20.1 Å². The van der Waals surface area contributed by atoms with E-state index >= 15 is 0 Å². The third kappa shape index (κ3) is 4.70. The van der Waals surface area contributed by atoms with Crippen molar-refractivity contribution in [3.63, 3.8) is 0 Å². The molecule has 1 fully saturated rings. The van der Waals surface area contributed by atoms with Crippen LogP contribution in [0.1, 0.15) is 33.2 Å². The number of nitrogens with zero attached hydrogens (tertiary/aromatic N) is 2. The standard InChI is InChI=1S/C25H22N4O7S/c1-13-5-3-4-6-14(13)9-17(21(30)28-24-26-16(11-37-24)23(32)34-2)29-22(31)20(27-25(29)33)15-7-8-18-19(10-15)36-12-35-18/h3-8,10-11,17,20H,9,12H2,1-2H3,(H,27,33)(H,26,28,30). The number of amides is 4. The van der Waals surface area contributed by atoms with Crippen molar-refractivity contribution in [1.82, 2.24) is 15.2 Å². The van der Waals surface area contributed by atoms with Gasteiger partial charge in [-0.25, -0.2) is 19.5 Å². The summed E-state index contributed by atoms with van der Waals surface area (Å²) in [5, 5.41) is 6.90. The van der Waals surface area contributed by atoms with Crippen molar-refractivity contribution in [1.29, 1.82) is 0 Å². The summed E-state index contributed by atoms with van der Waals surface area (Å²) < 4.78 is 15.4. The van der Waals surface area contributed by atoms with E-state index in [0.29, 0.717) is 17.1 Å². The smallest absolute Gasteiger partial charge is 0.357 e. The number of urea groups is 1. The average molecular weight is 523 g/mol. The molecule has 3 aromatic rings. The summed E-state index contributed by atoms with van der Waals surface area (Å²) in [7, 11) is 1.23. The SMILES string of the molecule is COC(=O)c1csc(NC(=O)C(Cc2ccccc2C)N2C(=O)NC(c3ccc4c(c3)OCO4)C2=O)n1. The summed E-state index contributed by atoms with van der Waals surface area (Å²) in [5.41, 5.74) is 2.24. The Kier molecular flexibility index (Phi) is 6.49. The van der Waals surface area contributed by atoms with Crippen LogP contribution >= 0.6 is 11.3 Å². The number of carbonyl (C=O) groups is 4. The second-order valence-corrected chi connectivity index (χ2v) is 9.23. The molecule has 0 aliphatic carbocycles. The number of nitrogens with one attached hydrogen (secondary N) is 2. The molecule has 3 heterocycles. The lowest BCUT2D eigenvalue weighted by atomic mass is 9.99. The van der Waals surface area contributed by atoms with Crippen LogP contribution in [0.2, 0.25) is 0 Å². The van der Waals surface area contributed by atoms with Crippen molar-refractivity contribution < 1.29 is 33.4 Å². The highest BCUT2D eigenvalue weighted by atomic mass is 32.1. The molecule has 2 atom stereocenters. The lowest BCUT2D eigenvalue weighted by Crippen LogP contribution is -2.49. The van der Waals surface area contributed by atoms with Crippen molar-refractivity contribution in [2.24, 2.45) is 0 Å². The summed E-state index contributed by atoms with van der Waals surface area (Å²) >= 11 is 1.03. The van der Waals surface area contributed by atoms with Crippen LogP contribution in [0.5, 0.6) is 11.5 Å². The molecule has 11 nitrogen and oxygen atoms in total. The van der Waals surface area contributed by atoms with Crippen molar-refractivity contribution in [3.8, 4) is 11.5 Å². The number of anilines is 1. The molecule has 5 rings (SSSR count). The van der Waals surface area contributed by atoms with Crippen LogP contribution in [0.4, 0.5) is 9.93 Å². The number of hydrogen-bond donors (Lipinski definition) is 2. The van der Waals surface area contributed by atoms with Crippen molar-refractivity contribution in [3.05, 3.63) is 70.2 Å². The molecule has 1 aromatic heterocycles. The molecule has 0 bridgehead atoms. The second-order valence-electron chi connectivity index (χ2n) is 8.37. The largest absolute Gasteiger partial charge is 0.464 e. The van der Waals surface area contributed by atoms with Gasteiger partial charge in [-0.15, -0.1) is 11.3 Å². The minimum absolute atomic E-state index is 0.0381. The maximum Gasteiger partial charge on any atom is 0.357 e. The summed E-state index contributed by atoms with van der Waals surface area (Å²) in [6.07, 6.45) is 0.0841. The Bertz CT molecular complexity index is 1410. The van der Waals surface area contributed by atoms with Crippen molar-refractivity contribution in [2.45, 2.75) is 25.4 Å². The highest BCUT2D eigenvalue weighted by Crippen LogP contribution is 2.36. The third-order valence-electron chi connectivity index (χ3n) is 6.12. The van der Waals surface area contributed by atoms with E-state index in [0.717, 1.165) is 27.4 Å². The zero-order valence-electron chi connectivity index (χ0n) is 19.8. The monoisotopic (exact) mass is 522 g/mol. The number of ether oxygens (including phenoxy) is 3. The number of esters is 1. The first kappa shape index (κ1) is 24.3. The predicted molar refractivity (Wildman–Crippen MR) is 131 cm³/mol. The van der Waals surface area contributed by atoms with E-state index in [1.165, 1.54) is 12.5 Å². The van der Waals surface area contributed by atoms with Crippen LogP contribution in [0.15, 0.2) is 47.8 Å². The lowest BCUT2D eigenvalue weighted by molar-refractivity contribution is -0.134. The van der Waals surface area contributed by atoms with Crippen LogP contribution in [-0.4, -0.2) is 53.6 Å². The molecule has 0 spiro atoms. The Hall–Kier alpha value is -4.45. The number of benzene rings is 2. The molecule has 0 radical (unpaired) electrons. The number of thiazole rings is 1. The van der Waals surface area contributed by atoms with Gasteiger partial charge in [-0.1, -0.05) is 30.3 Å². The quantitative estimate of drug-likeness (QED) is 0.357. The highest BCUT2D eigenvalue weighted by Gasteiger charge is 2.45. The number of hydrogen-bond acceptors (Lipinski definition) is 9. The third-order valence-corrected chi connectivity index (χ3v) is 6.88. The van der Waals surface area contributed by atoms with Gasteiger partial charge in [-0.2, -0.15) is 0 Å². The number of methoxy groups -OCH3 is 1. The minimum Gasteiger partial charge on any atom is -0.464 e. The maximum absolute atomic E-state index is 13.5. The molecule has 37 heavy (non-hydrogen) atoms. The molecule has 2 N–H and O–H groups in total. The van der Waals surface area contributed by atoms with Gasteiger partial charge in [0.2, 0.25) is 12.7 Å². The lowest BCUT2D eigenvalue weighted by Gasteiger charge is -2.25. The number of fused-ring (bicyclic) bond motifs is 1. The fraction of sp³-hybridized carbons (Fsp3) is 0.240. The number of imide groups is 1. The maximum atomic E-state index is 13.5. The first-order chi connectivity index (χ1) is 17.9. The Morgan fingerprint density at radius 1 is 1.22 bits per heavy atom. The van der Waals surface area contributed by atoms with E-state index in [1.807, 2.05) is 31.2 Å². The normalized spacial score (nSPS) is 16.9. The van der Waals surface area contributed by atoms with Gasteiger partial charge in [0.1, 0.15) is 12.1 Å². The fourth-order valence-corrected chi connectivity index (χ4v) is 4.86.